The number of fused-ring (bicyclic) bond motifs is 2. The molecule has 166 valence electrons. The molecule has 34 heavy (non-hydrogen) atoms. The molecule has 5 rings (SSSR count). The second kappa shape index (κ2) is 9.33. The highest BCUT2D eigenvalue weighted by molar-refractivity contribution is 9.10. The fraction of sp³-hybridized carbons (Fsp3) is 0.0769. The highest BCUT2D eigenvalue weighted by atomic mass is 79.9. The van der Waals surface area contributed by atoms with Gasteiger partial charge in [0.15, 0.2) is 0 Å². The van der Waals surface area contributed by atoms with Crippen molar-refractivity contribution in [2.24, 2.45) is 5.10 Å². The number of hydrogen-bond acceptors (Lipinski definition) is 4. The first-order valence-corrected chi connectivity index (χ1v) is 11.4. The number of carbonyl (C=O) groups excluding carboxylic acids is 1. The van der Waals surface area contributed by atoms with Crippen molar-refractivity contribution in [2.45, 2.75) is 13.0 Å². The lowest BCUT2D eigenvalue weighted by molar-refractivity contribution is -0.120. The molecule has 0 atom stereocenters. The third-order valence-electron chi connectivity index (χ3n) is 5.59. The third-order valence-corrected chi connectivity index (χ3v) is 6.08. The van der Waals surface area contributed by atoms with Crippen molar-refractivity contribution >= 4 is 50.0 Å². The maximum absolute atomic E-state index is 12.5. The molecule has 3 heterocycles. The summed E-state index contributed by atoms with van der Waals surface area (Å²) in [4.78, 5) is 19.8. The molecule has 0 fully saturated rings. The van der Waals surface area contributed by atoms with Gasteiger partial charge < -0.3 is 9.55 Å². The molecule has 0 aliphatic heterocycles. The average Bonchev–Trinajstić information content (AvgIpc) is 3.41. The van der Waals surface area contributed by atoms with E-state index in [0.717, 1.165) is 43.1 Å². The maximum Gasteiger partial charge on any atom is 0.244 e. The normalized spacial score (nSPS) is 11.3. The third kappa shape index (κ3) is 4.47. The van der Waals surface area contributed by atoms with E-state index in [1.807, 2.05) is 60.8 Å². The van der Waals surface area contributed by atoms with E-state index in [1.54, 1.807) is 18.6 Å². The number of aromatic amines is 1. The topological polar surface area (TPSA) is 98.9 Å². The number of hydrazone groups is 1. The largest absolute Gasteiger partial charge is 0.346 e. The number of H-pyrrole nitrogens is 1. The van der Waals surface area contributed by atoms with Crippen molar-refractivity contribution in [1.29, 1.82) is 5.26 Å². The van der Waals surface area contributed by atoms with Crippen LogP contribution in [0.4, 0.5) is 0 Å². The molecule has 5 aromatic rings. The van der Waals surface area contributed by atoms with E-state index in [9.17, 15) is 4.79 Å². The van der Waals surface area contributed by atoms with Gasteiger partial charge in [-0.15, -0.1) is 0 Å². The maximum atomic E-state index is 12.5. The van der Waals surface area contributed by atoms with Crippen LogP contribution in [-0.2, 0) is 17.8 Å². The zero-order chi connectivity index (χ0) is 23.5. The molecular formula is C26H19BrN6O. The summed E-state index contributed by atoms with van der Waals surface area (Å²) < 4.78 is 3.09. The van der Waals surface area contributed by atoms with Gasteiger partial charge >= 0.3 is 0 Å². The molecule has 0 aliphatic rings. The molecule has 0 saturated heterocycles. The van der Waals surface area contributed by atoms with E-state index >= 15 is 0 Å². The molecule has 0 radical (unpaired) electrons. The lowest BCUT2D eigenvalue weighted by atomic mass is 10.1. The molecule has 0 bridgehead atoms. The van der Waals surface area contributed by atoms with Gasteiger partial charge in [0.05, 0.1) is 24.3 Å². The Bertz CT molecular complexity index is 1570. The summed E-state index contributed by atoms with van der Waals surface area (Å²) in [6.45, 7) is 0.651. The predicted octanol–water partition coefficient (Wildman–Crippen LogP) is 4.89. The highest BCUT2D eigenvalue weighted by Gasteiger charge is 2.10. The predicted molar refractivity (Wildman–Crippen MR) is 135 cm³/mol. The quantitative estimate of drug-likeness (QED) is 0.251. The van der Waals surface area contributed by atoms with Gasteiger partial charge in [0.25, 0.3) is 0 Å². The van der Waals surface area contributed by atoms with Gasteiger partial charge in [0.1, 0.15) is 5.65 Å². The van der Waals surface area contributed by atoms with Gasteiger partial charge in [-0.05, 0) is 53.6 Å². The number of nitrogens with one attached hydrogen (secondary N) is 2. The van der Waals surface area contributed by atoms with Crippen molar-refractivity contribution in [3.05, 3.63) is 99.9 Å². The van der Waals surface area contributed by atoms with Gasteiger partial charge in [0.2, 0.25) is 5.91 Å². The Morgan fingerprint density at radius 3 is 2.88 bits per heavy atom. The van der Waals surface area contributed by atoms with E-state index in [0.29, 0.717) is 12.1 Å². The zero-order valence-electron chi connectivity index (χ0n) is 18.0. The number of hydrogen-bond donors (Lipinski definition) is 2. The van der Waals surface area contributed by atoms with Crippen LogP contribution in [0.15, 0.2) is 82.8 Å². The van der Waals surface area contributed by atoms with Crippen LogP contribution in [-0.4, -0.2) is 26.7 Å². The van der Waals surface area contributed by atoms with Crippen LogP contribution >= 0.6 is 15.9 Å². The van der Waals surface area contributed by atoms with Gasteiger partial charge in [-0.2, -0.15) is 10.4 Å². The Labute approximate surface area is 203 Å². The van der Waals surface area contributed by atoms with Gasteiger partial charge in [-0.25, -0.2) is 10.4 Å². The Morgan fingerprint density at radius 1 is 1.21 bits per heavy atom. The zero-order valence-corrected chi connectivity index (χ0v) is 19.6. The monoisotopic (exact) mass is 510 g/mol. The van der Waals surface area contributed by atoms with Gasteiger partial charge in [0, 0.05) is 51.5 Å². The first-order chi connectivity index (χ1) is 16.6. The van der Waals surface area contributed by atoms with E-state index in [4.69, 9.17) is 5.26 Å². The Kier molecular flexibility index (Phi) is 5.93. The van der Waals surface area contributed by atoms with Crippen molar-refractivity contribution < 1.29 is 4.79 Å². The van der Waals surface area contributed by atoms with E-state index in [1.165, 1.54) is 0 Å². The lowest BCUT2D eigenvalue weighted by Gasteiger charge is -2.06. The van der Waals surface area contributed by atoms with E-state index in [2.05, 4.69) is 47.1 Å². The first-order valence-electron chi connectivity index (χ1n) is 10.6. The summed E-state index contributed by atoms with van der Waals surface area (Å²) in [5.41, 5.74) is 7.92. The molecule has 3 aromatic heterocycles. The second-order valence-corrected chi connectivity index (χ2v) is 8.78. The van der Waals surface area contributed by atoms with Crippen molar-refractivity contribution in [1.82, 2.24) is 20.0 Å². The number of amides is 1. The summed E-state index contributed by atoms with van der Waals surface area (Å²) in [6, 6.07) is 19.6. The minimum atomic E-state index is -0.205. The number of nitrogens with zero attached hydrogens (tertiary/aromatic N) is 4. The summed E-state index contributed by atoms with van der Waals surface area (Å²) >= 11 is 3.54. The van der Waals surface area contributed by atoms with Crippen LogP contribution in [0.3, 0.4) is 0 Å². The molecule has 2 N–H and O–H groups in total. The van der Waals surface area contributed by atoms with Crippen LogP contribution in [0, 0.1) is 11.3 Å². The highest BCUT2D eigenvalue weighted by Crippen LogP contribution is 2.25. The smallest absolute Gasteiger partial charge is 0.244 e. The number of benzene rings is 2. The van der Waals surface area contributed by atoms with E-state index in [-0.39, 0.29) is 12.3 Å². The second-order valence-electron chi connectivity index (χ2n) is 7.87. The summed E-state index contributed by atoms with van der Waals surface area (Å²) in [5.74, 6) is -0.205. The number of nitriles is 1. The average molecular weight is 511 g/mol. The molecule has 0 aliphatic carbocycles. The van der Waals surface area contributed by atoms with Gasteiger partial charge in [-0.1, -0.05) is 28.1 Å². The standard InChI is InChI=1S/C26H19BrN6O/c27-21-7-8-24-23(11-21)20(16-33(24)15-18-5-3-17(12-28)4-6-18)14-31-32-25(34)10-19-13-30-26-22(19)2-1-9-29-26/h1-9,11,13-14,16H,10,15H2,(H,29,30)(H,32,34)/b31-14+. The van der Waals surface area contributed by atoms with Crippen molar-refractivity contribution in [3.63, 3.8) is 0 Å². The summed E-state index contributed by atoms with van der Waals surface area (Å²) in [5, 5.41) is 15.2. The lowest BCUT2D eigenvalue weighted by Crippen LogP contribution is -2.19. The van der Waals surface area contributed by atoms with Crippen molar-refractivity contribution in [3.8, 4) is 6.07 Å². The number of carbonyl (C=O) groups is 1. The van der Waals surface area contributed by atoms with Crippen LogP contribution in [0.5, 0.6) is 0 Å². The van der Waals surface area contributed by atoms with Crippen LogP contribution < -0.4 is 5.43 Å². The minimum Gasteiger partial charge on any atom is -0.346 e. The molecule has 0 spiro atoms. The molecule has 2 aromatic carbocycles. The van der Waals surface area contributed by atoms with Crippen molar-refractivity contribution in [2.75, 3.05) is 0 Å². The van der Waals surface area contributed by atoms with Gasteiger partial charge in [-0.3, -0.25) is 4.79 Å². The molecule has 8 heteroatoms. The number of halogens is 1. The summed E-state index contributed by atoms with van der Waals surface area (Å²) in [7, 11) is 0. The summed E-state index contributed by atoms with van der Waals surface area (Å²) in [6.07, 6.45) is 7.39. The minimum absolute atomic E-state index is 0.203. The van der Waals surface area contributed by atoms with E-state index < -0.39 is 0 Å². The molecule has 7 nitrogen and oxygen atoms in total. The molecule has 1 amide bonds. The van der Waals surface area contributed by atoms with Crippen LogP contribution in [0.2, 0.25) is 0 Å². The number of rotatable bonds is 6. The first kappa shape index (κ1) is 21.6. The SMILES string of the molecule is N#Cc1ccc(Cn2cc(/C=N/NC(=O)Cc3c[nH]c4ncccc34)c3cc(Br)ccc32)cc1. The fourth-order valence-corrected chi connectivity index (χ4v) is 4.32. The molecular weight excluding hydrogens is 492 g/mol. The number of pyridine rings is 1. The van der Waals surface area contributed by atoms with Crippen LogP contribution in [0.1, 0.15) is 22.3 Å². The fourth-order valence-electron chi connectivity index (χ4n) is 3.96. The Balaban J connectivity index is 1.34. The molecule has 0 saturated carbocycles. The Morgan fingerprint density at radius 2 is 2.06 bits per heavy atom. The number of aromatic nitrogens is 3. The Hall–Kier alpha value is -4.22. The molecule has 0 unspecified atom stereocenters. The van der Waals surface area contributed by atoms with Crippen LogP contribution in [0.25, 0.3) is 21.9 Å².